The van der Waals surface area contributed by atoms with Gasteiger partial charge in [-0.05, 0) is 30.7 Å². The number of anilines is 1. The number of ether oxygens (including phenoxy) is 1. The molecule has 0 radical (unpaired) electrons. The number of carbonyl (C=O) groups is 1. The summed E-state index contributed by atoms with van der Waals surface area (Å²) in [5.74, 6) is 1.31. The number of hydrogen-bond donors (Lipinski definition) is 3. The van der Waals surface area contributed by atoms with Crippen molar-refractivity contribution in [3.63, 3.8) is 0 Å². The van der Waals surface area contributed by atoms with E-state index in [0.29, 0.717) is 5.88 Å². The first-order valence-corrected chi connectivity index (χ1v) is 5.80. The molecule has 4 nitrogen and oxygen atoms in total. The van der Waals surface area contributed by atoms with Crippen LogP contribution in [0.4, 0.5) is 5.69 Å². The molecule has 1 aromatic carbocycles. The van der Waals surface area contributed by atoms with Gasteiger partial charge in [-0.2, -0.15) is 12.6 Å². The number of hydrogen-bond acceptors (Lipinski definition) is 4. The van der Waals surface area contributed by atoms with Gasteiger partial charge in [0.05, 0.1) is 5.69 Å². The molecule has 86 valence electrons. The second-order valence-corrected chi connectivity index (χ2v) is 3.89. The van der Waals surface area contributed by atoms with Crippen LogP contribution in [0.5, 0.6) is 5.75 Å². The van der Waals surface area contributed by atoms with Crippen molar-refractivity contribution in [2.45, 2.75) is 6.42 Å². The summed E-state index contributed by atoms with van der Waals surface area (Å²) in [5, 5.41) is 5.92. The Morgan fingerprint density at radius 2 is 2.38 bits per heavy atom. The molecule has 2 N–H and O–H groups in total. The van der Waals surface area contributed by atoms with Crippen LogP contribution in [0.3, 0.4) is 0 Å². The largest absolute Gasteiger partial charge is 0.482 e. The van der Waals surface area contributed by atoms with E-state index in [1.54, 1.807) is 0 Å². The van der Waals surface area contributed by atoms with Crippen molar-refractivity contribution in [1.82, 2.24) is 5.32 Å². The first-order chi connectivity index (χ1) is 7.79. The first kappa shape index (κ1) is 11.3. The maximum Gasteiger partial charge on any atom is 0.262 e. The summed E-state index contributed by atoms with van der Waals surface area (Å²) in [5.41, 5.74) is 1.93. The van der Waals surface area contributed by atoms with E-state index in [-0.39, 0.29) is 12.5 Å². The predicted octanol–water partition coefficient (Wildman–Crippen LogP) is 1.04. The summed E-state index contributed by atoms with van der Waals surface area (Å²) in [7, 11) is 0. The Hall–Kier alpha value is -1.20. The van der Waals surface area contributed by atoms with Crippen LogP contribution >= 0.6 is 12.6 Å². The molecular weight excluding hydrogens is 224 g/mol. The van der Waals surface area contributed by atoms with Crippen LogP contribution in [-0.4, -0.2) is 24.9 Å². The number of fused-ring (bicyclic) bond motifs is 1. The van der Waals surface area contributed by atoms with E-state index in [0.717, 1.165) is 24.4 Å². The van der Waals surface area contributed by atoms with Gasteiger partial charge in [-0.25, -0.2) is 0 Å². The lowest BCUT2D eigenvalue weighted by Gasteiger charge is -2.18. The molecule has 1 aliphatic rings. The minimum Gasteiger partial charge on any atom is -0.482 e. The second-order valence-electron chi connectivity index (χ2n) is 3.58. The SMILES string of the molecule is O=C1COc2ccc(CCNCS)cc2N1. The standard InChI is InChI=1S/C11H14N2O2S/c14-11-6-15-10-2-1-8(3-4-12-7-16)5-9(10)13-11/h1-2,5,12,16H,3-4,6-7H2,(H,13,14). The van der Waals surface area contributed by atoms with Gasteiger partial charge in [0.15, 0.2) is 6.61 Å². The molecule has 0 unspecified atom stereocenters. The molecule has 0 atom stereocenters. The van der Waals surface area contributed by atoms with Gasteiger partial charge >= 0.3 is 0 Å². The lowest BCUT2D eigenvalue weighted by molar-refractivity contribution is -0.118. The highest BCUT2D eigenvalue weighted by Gasteiger charge is 2.15. The lowest BCUT2D eigenvalue weighted by Crippen LogP contribution is -2.25. The first-order valence-electron chi connectivity index (χ1n) is 5.17. The highest BCUT2D eigenvalue weighted by atomic mass is 32.1. The Balaban J connectivity index is 2.06. The van der Waals surface area contributed by atoms with Crippen molar-refractivity contribution in [3.8, 4) is 5.75 Å². The minimum atomic E-state index is -0.0990. The van der Waals surface area contributed by atoms with E-state index in [9.17, 15) is 4.79 Å². The second kappa shape index (κ2) is 5.23. The van der Waals surface area contributed by atoms with E-state index in [1.165, 1.54) is 5.56 Å². The molecule has 1 heterocycles. The minimum absolute atomic E-state index is 0.0990. The van der Waals surface area contributed by atoms with Crippen molar-refractivity contribution in [1.29, 1.82) is 0 Å². The van der Waals surface area contributed by atoms with Gasteiger partial charge in [0.25, 0.3) is 5.91 Å². The summed E-state index contributed by atoms with van der Waals surface area (Å²) in [4.78, 5) is 11.1. The Morgan fingerprint density at radius 3 is 3.19 bits per heavy atom. The Bertz CT molecular complexity index is 396. The fourth-order valence-electron chi connectivity index (χ4n) is 1.60. The quantitative estimate of drug-likeness (QED) is 0.417. The zero-order chi connectivity index (χ0) is 11.4. The van der Waals surface area contributed by atoms with Gasteiger partial charge < -0.3 is 15.4 Å². The molecule has 1 aliphatic heterocycles. The fourth-order valence-corrected chi connectivity index (χ4v) is 1.76. The van der Waals surface area contributed by atoms with E-state index < -0.39 is 0 Å². The van der Waals surface area contributed by atoms with Crippen LogP contribution in [-0.2, 0) is 11.2 Å². The van der Waals surface area contributed by atoms with Crippen LogP contribution in [0.15, 0.2) is 18.2 Å². The smallest absolute Gasteiger partial charge is 0.262 e. The molecule has 1 amide bonds. The Labute approximate surface area is 99.8 Å². The number of nitrogens with one attached hydrogen (secondary N) is 2. The predicted molar refractivity (Wildman–Crippen MR) is 66.1 cm³/mol. The monoisotopic (exact) mass is 238 g/mol. The maximum absolute atomic E-state index is 11.1. The molecule has 0 spiro atoms. The third kappa shape index (κ3) is 2.68. The van der Waals surface area contributed by atoms with E-state index >= 15 is 0 Å². The van der Waals surface area contributed by atoms with Crippen molar-refractivity contribution < 1.29 is 9.53 Å². The summed E-state index contributed by atoms with van der Waals surface area (Å²) >= 11 is 4.07. The Morgan fingerprint density at radius 1 is 1.50 bits per heavy atom. The van der Waals surface area contributed by atoms with Gasteiger partial charge in [0.2, 0.25) is 0 Å². The number of thiol groups is 1. The van der Waals surface area contributed by atoms with Crippen LogP contribution in [0.1, 0.15) is 5.56 Å². The van der Waals surface area contributed by atoms with E-state index in [2.05, 4.69) is 23.3 Å². The zero-order valence-corrected chi connectivity index (χ0v) is 9.72. The molecule has 1 aromatic rings. The van der Waals surface area contributed by atoms with Gasteiger partial charge in [0.1, 0.15) is 5.75 Å². The summed E-state index contributed by atoms with van der Waals surface area (Å²) < 4.78 is 5.28. The highest BCUT2D eigenvalue weighted by molar-refractivity contribution is 7.80. The average Bonchev–Trinajstić information content (AvgIpc) is 2.29. The van der Waals surface area contributed by atoms with Crippen molar-refractivity contribution in [3.05, 3.63) is 23.8 Å². The van der Waals surface area contributed by atoms with Gasteiger partial charge in [-0.3, -0.25) is 4.79 Å². The molecule has 2 rings (SSSR count). The van der Waals surface area contributed by atoms with Crippen LogP contribution in [0, 0.1) is 0 Å². The normalized spacial score (nSPS) is 13.9. The zero-order valence-electron chi connectivity index (χ0n) is 8.82. The molecule has 0 saturated heterocycles. The molecule has 16 heavy (non-hydrogen) atoms. The van der Waals surface area contributed by atoms with Crippen molar-refractivity contribution >= 4 is 24.2 Å². The summed E-state index contributed by atoms with van der Waals surface area (Å²) in [6.45, 7) is 0.977. The van der Waals surface area contributed by atoms with E-state index in [1.807, 2.05) is 18.2 Å². The molecule has 0 bridgehead atoms. The van der Waals surface area contributed by atoms with Crippen LogP contribution in [0.2, 0.25) is 0 Å². The van der Waals surface area contributed by atoms with Crippen molar-refractivity contribution in [2.75, 3.05) is 24.3 Å². The molecule has 5 heteroatoms. The van der Waals surface area contributed by atoms with Crippen LogP contribution in [0.25, 0.3) is 0 Å². The topological polar surface area (TPSA) is 50.4 Å². The number of benzene rings is 1. The number of carbonyl (C=O) groups excluding carboxylic acids is 1. The molecule has 0 fully saturated rings. The summed E-state index contributed by atoms with van der Waals surface area (Å²) in [6, 6.07) is 5.86. The summed E-state index contributed by atoms with van der Waals surface area (Å²) in [6.07, 6.45) is 0.906. The third-order valence-electron chi connectivity index (χ3n) is 2.38. The molecule has 0 aromatic heterocycles. The third-order valence-corrected chi connectivity index (χ3v) is 2.60. The number of rotatable bonds is 4. The van der Waals surface area contributed by atoms with Gasteiger partial charge in [-0.1, -0.05) is 6.07 Å². The maximum atomic E-state index is 11.1. The van der Waals surface area contributed by atoms with Crippen LogP contribution < -0.4 is 15.4 Å². The molecule has 0 aliphatic carbocycles. The Kier molecular flexibility index (Phi) is 3.69. The lowest BCUT2D eigenvalue weighted by atomic mass is 10.1. The van der Waals surface area contributed by atoms with Crippen molar-refractivity contribution in [2.24, 2.45) is 0 Å². The average molecular weight is 238 g/mol. The van der Waals surface area contributed by atoms with E-state index in [4.69, 9.17) is 4.74 Å². The molecule has 0 saturated carbocycles. The fraction of sp³-hybridized carbons (Fsp3) is 0.364. The highest BCUT2D eigenvalue weighted by Crippen LogP contribution is 2.28. The van der Waals surface area contributed by atoms with Gasteiger partial charge in [-0.15, -0.1) is 0 Å². The van der Waals surface area contributed by atoms with Gasteiger partial charge in [0, 0.05) is 5.88 Å². The number of amides is 1. The molecular formula is C11H14N2O2S.